The predicted octanol–water partition coefficient (Wildman–Crippen LogP) is 6.56. The van der Waals surface area contributed by atoms with Gasteiger partial charge in [0, 0.05) is 31.7 Å². The number of hydrogen-bond acceptors (Lipinski definition) is 2. The SMILES string of the molecule is CC1=C(CCC(=O)NCCc2ccc3c(ccn3C)c2)C2CCC3C(C)(C)[C@@H](O)CC[C@]3(C)C2CC1. The van der Waals surface area contributed by atoms with Crippen molar-refractivity contribution in [2.24, 2.45) is 35.6 Å². The number of amides is 1. The maximum Gasteiger partial charge on any atom is 0.220 e. The van der Waals surface area contributed by atoms with E-state index in [1.165, 1.54) is 47.7 Å². The number of aromatic nitrogens is 1. The zero-order chi connectivity index (χ0) is 25.7. The van der Waals surface area contributed by atoms with Gasteiger partial charge < -0.3 is 15.0 Å². The maximum absolute atomic E-state index is 12.8. The maximum atomic E-state index is 12.8. The number of carbonyl (C=O) groups is 1. The van der Waals surface area contributed by atoms with Crippen molar-refractivity contribution in [1.82, 2.24) is 9.88 Å². The van der Waals surface area contributed by atoms with Crippen molar-refractivity contribution in [2.75, 3.05) is 6.54 Å². The van der Waals surface area contributed by atoms with E-state index in [1.54, 1.807) is 5.57 Å². The van der Waals surface area contributed by atoms with E-state index in [1.807, 2.05) is 0 Å². The van der Waals surface area contributed by atoms with Gasteiger partial charge in [-0.3, -0.25) is 4.79 Å². The first-order chi connectivity index (χ1) is 17.1. The van der Waals surface area contributed by atoms with Crippen molar-refractivity contribution >= 4 is 16.8 Å². The molecule has 0 bridgehead atoms. The number of rotatable bonds is 6. The largest absolute Gasteiger partial charge is 0.393 e. The molecule has 5 atom stereocenters. The van der Waals surface area contributed by atoms with Gasteiger partial charge in [0.2, 0.25) is 5.91 Å². The van der Waals surface area contributed by atoms with E-state index >= 15 is 0 Å². The number of benzene rings is 1. The molecule has 2 aromatic rings. The van der Waals surface area contributed by atoms with Crippen molar-refractivity contribution in [3.63, 3.8) is 0 Å². The van der Waals surface area contributed by atoms with Gasteiger partial charge >= 0.3 is 0 Å². The number of allylic oxidation sites excluding steroid dienone is 2. The van der Waals surface area contributed by atoms with E-state index in [4.69, 9.17) is 0 Å². The number of nitrogens with zero attached hydrogens (tertiary/aromatic N) is 1. The second-order valence-electron chi connectivity index (χ2n) is 13.0. The number of nitrogens with one attached hydrogen (secondary N) is 1. The van der Waals surface area contributed by atoms with Crippen LogP contribution >= 0.6 is 0 Å². The summed E-state index contributed by atoms with van der Waals surface area (Å²) in [4.78, 5) is 12.8. The van der Waals surface area contributed by atoms with Gasteiger partial charge in [0.25, 0.3) is 0 Å². The minimum Gasteiger partial charge on any atom is -0.393 e. The van der Waals surface area contributed by atoms with Gasteiger partial charge in [0.15, 0.2) is 0 Å². The third-order valence-electron chi connectivity index (χ3n) is 10.7. The van der Waals surface area contributed by atoms with Crippen LogP contribution in [0.3, 0.4) is 0 Å². The number of carbonyl (C=O) groups excluding carboxylic acids is 1. The van der Waals surface area contributed by atoms with Crippen LogP contribution in [0.2, 0.25) is 0 Å². The lowest BCUT2D eigenvalue weighted by Gasteiger charge is -2.62. The summed E-state index contributed by atoms with van der Waals surface area (Å²) in [6.07, 6.45) is 11.2. The van der Waals surface area contributed by atoms with Gasteiger partial charge in [-0.25, -0.2) is 0 Å². The monoisotopic (exact) mass is 490 g/mol. The molecule has 0 spiro atoms. The molecule has 196 valence electrons. The lowest BCUT2D eigenvalue weighted by molar-refractivity contribution is -0.149. The predicted molar refractivity (Wildman–Crippen MR) is 148 cm³/mol. The summed E-state index contributed by atoms with van der Waals surface area (Å²) in [5.74, 6) is 2.09. The molecule has 3 unspecified atom stereocenters. The first-order valence-corrected chi connectivity index (χ1v) is 14.3. The van der Waals surface area contributed by atoms with Gasteiger partial charge in [0.1, 0.15) is 0 Å². The highest BCUT2D eigenvalue weighted by Gasteiger charge is 2.58. The van der Waals surface area contributed by atoms with Crippen molar-refractivity contribution in [3.05, 3.63) is 47.2 Å². The molecule has 5 rings (SSSR count). The van der Waals surface area contributed by atoms with Gasteiger partial charge in [-0.05, 0) is 116 Å². The quantitative estimate of drug-likeness (QED) is 0.451. The Morgan fingerprint density at radius 2 is 1.92 bits per heavy atom. The highest BCUT2D eigenvalue weighted by atomic mass is 16.3. The minimum atomic E-state index is -0.175. The highest BCUT2D eigenvalue weighted by molar-refractivity contribution is 5.81. The summed E-state index contributed by atoms with van der Waals surface area (Å²) in [5, 5.41) is 15.2. The second-order valence-corrected chi connectivity index (χ2v) is 13.0. The van der Waals surface area contributed by atoms with Crippen molar-refractivity contribution in [2.45, 2.75) is 91.6 Å². The Kier molecular flexibility index (Phi) is 6.87. The van der Waals surface area contributed by atoms with Crippen LogP contribution in [0, 0.1) is 28.6 Å². The molecule has 0 aliphatic heterocycles. The van der Waals surface area contributed by atoms with E-state index in [0.29, 0.717) is 36.1 Å². The molecule has 36 heavy (non-hydrogen) atoms. The Bertz CT molecular complexity index is 1160. The molecular formula is C32H46N2O2. The molecule has 4 nitrogen and oxygen atoms in total. The molecule has 3 aliphatic carbocycles. The Morgan fingerprint density at radius 3 is 2.72 bits per heavy atom. The first kappa shape index (κ1) is 25.6. The fourth-order valence-electron chi connectivity index (χ4n) is 8.59. The molecular weight excluding hydrogens is 444 g/mol. The normalized spacial score (nSPS) is 31.7. The molecule has 1 aromatic heterocycles. The Hall–Kier alpha value is -2.07. The third-order valence-corrected chi connectivity index (χ3v) is 10.7. The highest BCUT2D eigenvalue weighted by Crippen LogP contribution is 2.64. The molecule has 0 saturated heterocycles. The second kappa shape index (κ2) is 9.67. The van der Waals surface area contributed by atoms with Gasteiger partial charge in [-0.2, -0.15) is 0 Å². The Balaban J connectivity index is 1.18. The van der Waals surface area contributed by atoms with Crippen LogP contribution in [0.15, 0.2) is 41.6 Å². The fourth-order valence-corrected chi connectivity index (χ4v) is 8.59. The summed E-state index contributed by atoms with van der Waals surface area (Å²) in [5.41, 5.74) is 5.94. The van der Waals surface area contributed by atoms with Gasteiger partial charge in [-0.1, -0.05) is 38.0 Å². The lowest BCUT2D eigenvalue weighted by atomic mass is 9.43. The summed E-state index contributed by atoms with van der Waals surface area (Å²) in [6, 6.07) is 8.73. The van der Waals surface area contributed by atoms with Crippen molar-refractivity contribution in [1.29, 1.82) is 0 Å². The molecule has 4 heteroatoms. The van der Waals surface area contributed by atoms with Crippen molar-refractivity contribution < 1.29 is 9.90 Å². The minimum absolute atomic E-state index is 0.000728. The van der Waals surface area contributed by atoms with Crippen LogP contribution in [0.5, 0.6) is 0 Å². The van der Waals surface area contributed by atoms with Crippen LogP contribution in [-0.4, -0.2) is 28.2 Å². The summed E-state index contributed by atoms with van der Waals surface area (Å²) >= 11 is 0. The first-order valence-electron chi connectivity index (χ1n) is 14.3. The lowest BCUT2D eigenvalue weighted by Crippen LogP contribution is -2.56. The summed E-state index contributed by atoms with van der Waals surface area (Å²) in [7, 11) is 2.07. The number of hydrogen-bond donors (Lipinski definition) is 2. The number of aliphatic hydroxyl groups excluding tert-OH is 1. The van der Waals surface area contributed by atoms with Crippen molar-refractivity contribution in [3.8, 4) is 0 Å². The van der Waals surface area contributed by atoms with Crippen LogP contribution < -0.4 is 5.32 Å². The number of fused-ring (bicyclic) bond motifs is 4. The van der Waals surface area contributed by atoms with E-state index in [9.17, 15) is 9.90 Å². The van der Waals surface area contributed by atoms with E-state index in [0.717, 1.165) is 25.7 Å². The Labute approximate surface area is 217 Å². The molecule has 1 amide bonds. The standard InChI is InChI=1S/C32H46N2O2/c1-21-6-10-26-25(8-12-28-31(2,3)29(35)14-17-32(26,28)4)24(21)9-13-30(36)33-18-15-22-7-11-27-23(20-22)16-19-34(27)5/h7,11,16,19-20,25-26,28-29,35H,6,8-10,12-15,17-18H2,1-5H3,(H,33,36)/t25?,26?,28?,29-,32+/m0/s1. The topological polar surface area (TPSA) is 54.3 Å². The molecule has 3 aliphatic rings. The molecule has 2 saturated carbocycles. The van der Waals surface area contributed by atoms with E-state index in [2.05, 4.69) is 75.1 Å². The molecule has 1 aromatic carbocycles. The fraction of sp³-hybridized carbons (Fsp3) is 0.656. The molecule has 2 N–H and O–H groups in total. The Morgan fingerprint density at radius 1 is 1.11 bits per heavy atom. The van der Waals surface area contributed by atoms with Gasteiger partial charge in [-0.15, -0.1) is 0 Å². The average molecular weight is 491 g/mol. The third kappa shape index (κ3) is 4.44. The van der Waals surface area contributed by atoms with E-state index < -0.39 is 0 Å². The van der Waals surface area contributed by atoms with Crippen LogP contribution in [0.4, 0.5) is 0 Å². The summed E-state index contributed by atoms with van der Waals surface area (Å²) in [6.45, 7) is 10.1. The molecule has 1 heterocycles. The molecule has 0 radical (unpaired) electrons. The number of aliphatic hydroxyl groups is 1. The van der Waals surface area contributed by atoms with Crippen LogP contribution in [0.1, 0.15) is 84.6 Å². The number of aryl methyl sites for hydroxylation is 1. The zero-order valence-electron chi connectivity index (χ0n) is 23.1. The average Bonchev–Trinajstić information content (AvgIpc) is 3.21. The smallest absolute Gasteiger partial charge is 0.220 e. The zero-order valence-corrected chi connectivity index (χ0v) is 23.1. The van der Waals surface area contributed by atoms with Crippen LogP contribution in [-0.2, 0) is 18.3 Å². The van der Waals surface area contributed by atoms with E-state index in [-0.39, 0.29) is 17.4 Å². The van der Waals surface area contributed by atoms with Crippen LogP contribution in [0.25, 0.3) is 10.9 Å². The summed E-state index contributed by atoms with van der Waals surface area (Å²) < 4.78 is 2.14. The molecule has 2 fully saturated rings. The van der Waals surface area contributed by atoms with Gasteiger partial charge in [0.05, 0.1) is 6.10 Å².